The number of nitrogens with zero attached hydrogens (tertiary/aromatic N) is 4. The minimum atomic E-state index is -1.27. The van der Waals surface area contributed by atoms with Crippen molar-refractivity contribution in [3.8, 4) is 16.9 Å². The molecule has 0 bridgehead atoms. The topological polar surface area (TPSA) is 101 Å². The molecule has 0 unspecified atom stereocenters. The molecule has 3 heterocycles. The van der Waals surface area contributed by atoms with E-state index in [0.717, 1.165) is 30.6 Å². The van der Waals surface area contributed by atoms with Gasteiger partial charge in [-0.2, -0.15) is 4.98 Å². The summed E-state index contributed by atoms with van der Waals surface area (Å²) in [5, 5.41) is 9.60. The van der Waals surface area contributed by atoms with Gasteiger partial charge in [0.1, 0.15) is 11.1 Å². The van der Waals surface area contributed by atoms with Gasteiger partial charge in [-0.3, -0.25) is 4.79 Å². The predicted octanol–water partition coefficient (Wildman–Crippen LogP) is 4.03. The Labute approximate surface area is 208 Å². The second-order valence-corrected chi connectivity index (χ2v) is 9.15. The van der Waals surface area contributed by atoms with Crippen molar-refractivity contribution < 1.29 is 19.1 Å². The first kappa shape index (κ1) is 23.6. The lowest BCUT2D eigenvalue weighted by Crippen LogP contribution is -2.32. The van der Waals surface area contributed by atoms with Crippen LogP contribution < -0.4 is 15.2 Å². The maximum atomic E-state index is 12.6. The first-order valence-corrected chi connectivity index (χ1v) is 11.8. The van der Waals surface area contributed by atoms with Gasteiger partial charge >= 0.3 is 5.97 Å². The van der Waals surface area contributed by atoms with E-state index in [2.05, 4.69) is 9.88 Å². The summed E-state index contributed by atoms with van der Waals surface area (Å²) in [6, 6.07) is 15.4. The van der Waals surface area contributed by atoms with Gasteiger partial charge in [0.25, 0.3) is 6.01 Å². The molecule has 1 fully saturated rings. The number of ether oxygens (including phenoxy) is 1. The van der Waals surface area contributed by atoms with Crippen LogP contribution in [0.2, 0.25) is 0 Å². The fraction of sp³-hybridized carbons (Fsp3) is 0.296. The number of carbonyl (C=O) groups is 1. The van der Waals surface area contributed by atoms with Crippen molar-refractivity contribution in [2.45, 2.75) is 18.9 Å². The number of rotatable bonds is 7. The summed E-state index contributed by atoms with van der Waals surface area (Å²) < 4.78 is 13.2. The van der Waals surface area contributed by atoms with Crippen molar-refractivity contribution in [1.29, 1.82) is 0 Å². The van der Waals surface area contributed by atoms with E-state index in [1.54, 1.807) is 11.7 Å². The van der Waals surface area contributed by atoms with E-state index in [1.165, 1.54) is 12.3 Å². The second-order valence-electron chi connectivity index (χ2n) is 9.15. The van der Waals surface area contributed by atoms with Crippen molar-refractivity contribution in [2.24, 2.45) is 0 Å². The number of anilines is 2. The number of methoxy groups -OCH3 is 1. The molecular weight excluding hydrogens is 460 g/mol. The summed E-state index contributed by atoms with van der Waals surface area (Å²) >= 11 is 0. The molecule has 2 aromatic carbocycles. The standard InChI is InChI=1S/C27H28N4O5/c1-29(2)18-8-6-17(7-9-18)23-14-24(32)21(26(33)34)15-31(23)19-10-11-22-25(13-19)36-27(28-22)30-12-4-5-20(30)16-35-3/h6-11,13-15,20H,4-5,12,16H2,1-3H3,(H,33,34)/t20-/m1/s1. The first-order valence-electron chi connectivity index (χ1n) is 11.8. The number of aromatic carboxylic acids is 1. The lowest BCUT2D eigenvalue weighted by atomic mass is 10.1. The van der Waals surface area contributed by atoms with Crippen molar-refractivity contribution in [1.82, 2.24) is 9.55 Å². The Morgan fingerprint density at radius 3 is 2.67 bits per heavy atom. The fourth-order valence-corrected chi connectivity index (χ4v) is 4.69. The van der Waals surface area contributed by atoms with E-state index >= 15 is 0 Å². The number of fused-ring (bicyclic) bond motifs is 1. The molecule has 0 amide bonds. The third-order valence-electron chi connectivity index (χ3n) is 6.58. The van der Waals surface area contributed by atoms with Crippen LogP contribution >= 0.6 is 0 Å². The molecule has 1 N–H and O–H groups in total. The molecule has 1 saturated heterocycles. The van der Waals surface area contributed by atoms with Gasteiger partial charge in [-0.25, -0.2) is 4.79 Å². The van der Waals surface area contributed by atoms with Crippen LogP contribution in [0.1, 0.15) is 23.2 Å². The van der Waals surface area contributed by atoms with Crippen LogP contribution in [0.4, 0.5) is 11.7 Å². The molecule has 36 heavy (non-hydrogen) atoms. The van der Waals surface area contributed by atoms with Crippen LogP contribution in [-0.4, -0.2) is 61.0 Å². The average molecular weight is 489 g/mol. The van der Waals surface area contributed by atoms with Crippen LogP contribution in [0, 0.1) is 0 Å². The Morgan fingerprint density at radius 2 is 1.97 bits per heavy atom. The molecule has 9 nitrogen and oxygen atoms in total. The maximum Gasteiger partial charge on any atom is 0.341 e. The molecule has 0 aliphatic carbocycles. The third kappa shape index (κ3) is 4.33. The molecule has 4 aromatic rings. The number of aromatic nitrogens is 2. The summed E-state index contributed by atoms with van der Waals surface area (Å²) in [5.74, 6) is -1.27. The molecule has 2 aromatic heterocycles. The zero-order valence-corrected chi connectivity index (χ0v) is 20.5. The van der Waals surface area contributed by atoms with Crippen LogP contribution in [0.5, 0.6) is 0 Å². The molecule has 9 heteroatoms. The largest absolute Gasteiger partial charge is 0.477 e. The maximum absolute atomic E-state index is 12.6. The summed E-state index contributed by atoms with van der Waals surface area (Å²) in [5.41, 5.74) is 3.46. The molecule has 5 rings (SSSR count). The highest BCUT2D eigenvalue weighted by atomic mass is 16.5. The Balaban J connectivity index is 1.61. The van der Waals surface area contributed by atoms with Crippen molar-refractivity contribution in [2.75, 3.05) is 44.2 Å². The number of oxazole rings is 1. The Hall–Kier alpha value is -4.11. The number of pyridine rings is 1. The van der Waals surface area contributed by atoms with Gasteiger partial charge in [-0.15, -0.1) is 0 Å². The van der Waals surface area contributed by atoms with E-state index in [-0.39, 0.29) is 11.6 Å². The highest BCUT2D eigenvalue weighted by molar-refractivity contribution is 5.88. The number of carboxylic acids is 1. The molecular formula is C27H28N4O5. The van der Waals surface area contributed by atoms with Crippen LogP contribution in [0.15, 0.2) is 63.9 Å². The number of hydrogen-bond donors (Lipinski definition) is 1. The fourth-order valence-electron chi connectivity index (χ4n) is 4.69. The molecule has 1 aliphatic heterocycles. The highest BCUT2D eigenvalue weighted by Crippen LogP contribution is 2.31. The van der Waals surface area contributed by atoms with Gasteiger partial charge in [0.2, 0.25) is 0 Å². The van der Waals surface area contributed by atoms with Crippen molar-refractivity contribution in [3.05, 3.63) is 70.5 Å². The van der Waals surface area contributed by atoms with Crippen LogP contribution in [0.25, 0.3) is 28.0 Å². The zero-order valence-electron chi connectivity index (χ0n) is 20.5. The van der Waals surface area contributed by atoms with Gasteiger partial charge < -0.3 is 28.6 Å². The van der Waals surface area contributed by atoms with E-state index in [0.29, 0.717) is 35.1 Å². The molecule has 186 valence electrons. The molecule has 0 radical (unpaired) electrons. The molecule has 1 aliphatic rings. The van der Waals surface area contributed by atoms with Crippen LogP contribution in [-0.2, 0) is 4.74 Å². The van der Waals surface area contributed by atoms with Gasteiger partial charge in [0.15, 0.2) is 11.0 Å². The SMILES string of the molecule is COC[C@H]1CCCN1c1nc2ccc(-n3cc(C(=O)O)c(=O)cc3-c3ccc(N(C)C)cc3)cc2o1. The number of hydrogen-bond acceptors (Lipinski definition) is 7. The van der Waals surface area contributed by atoms with E-state index < -0.39 is 11.4 Å². The molecule has 1 atom stereocenters. The normalized spacial score (nSPS) is 15.5. The zero-order chi connectivity index (χ0) is 25.4. The number of carboxylic acid groups (broad SMARTS) is 1. The lowest BCUT2D eigenvalue weighted by Gasteiger charge is -2.21. The van der Waals surface area contributed by atoms with Crippen molar-refractivity contribution >= 4 is 28.8 Å². The van der Waals surface area contributed by atoms with E-state index in [4.69, 9.17) is 9.15 Å². The first-order chi connectivity index (χ1) is 17.4. The second kappa shape index (κ2) is 9.50. The quantitative estimate of drug-likeness (QED) is 0.416. The summed E-state index contributed by atoms with van der Waals surface area (Å²) in [6.45, 7) is 1.46. The monoisotopic (exact) mass is 488 g/mol. The third-order valence-corrected chi connectivity index (χ3v) is 6.58. The summed E-state index contributed by atoms with van der Waals surface area (Å²) in [6.07, 6.45) is 3.43. The highest BCUT2D eigenvalue weighted by Gasteiger charge is 2.28. The Morgan fingerprint density at radius 1 is 1.19 bits per heavy atom. The smallest absolute Gasteiger partial charge is 0.341 e. The Bertz CT molecular complexity index is 1470. The van der Waals surface area contributed by atoms with Gasteiger partial charge in [0, 0.05) is 57.5 Å². The van der Waals surface area contributed by atoms with Gasteiger partial charge in [-0.05, 0) is 42.7 Å². The Kier molecular flexibility index (Phi) is 6.24. The minimum Gasteiger partial charge on any atom is -0.477 e. The van der Waals surface area contributed by atoms with Gasteiger partial charge in [-0.1, -0.05) is 12.1 Å². The average Bonchev–Trinajstić information content (AvgIpc) is 3.50. The predicted molar refractivity (Wildman–Crippen MR) is 139 cm³/mol. The van der Waals surface area contributed by atoms with Crippen LogP contribution in [0.3, 0.4) is 0 Å². The van der Waals surface area contributed by atoms with Crippen molar-refractivity contribution in [3.63, 3.8) is 0 Å². The lowest BCUT2D eigenvalue weighted by molar-refractivity contribution is 0.0695. The summed E-state index contributed by atoms with van der Waals surface area (Å²) in [4.78, 5) is 33.2. The molecule has 0 spiro atoms. The minimum absolute atomic E-state index is 0.219. The molecule has 0 saturated carbocycles. The van der Waals surface area contributed by atoms with Gasteiger partial charge in [0.05, 0.1) is 18.3 Å². The number of benzene rings is 2. The summed E-state index contributed by atoms with van der Waals surface area (Å²) in [7, 11) is 5.59. The van der Waals surface area contributed by atoms with E-state index in [1.807, 2.05) is 61.5 Å². The van der Waals surface area contributed by atoms with E-state index in [9.17, 15) is 14.7 Å².